The van der Waals surface area contributed by atoms with Gasteiger partial charge in [-0.1, -0.05) is 55.6 Å². The maximum Gasteiger partial charge on any atom is 0.192 e. The number of hydrogen-bond donors (Lipinski definition) is 0. The number of halogens is 1. The van der Waals surface area contributed by atoms with Gasteiger partial charge in [0, 0.05) is 11.4 Å². The van der Waals surface area contributed by atoms with E-state index >= 15 is 0 Å². The van der Waals surface area contributed by atoms with Crippen molar-refractivity contribution < 1.29 is 9.22 Å². The summed E-state index contributed by atoms with van der Waals surface area (Å²) in [4.78, 5) is 10.4. The Kier molecular flexibility index (Phi) is 12.8. The van der Waals surface area contributed by atoms with Gasteiger partial charge in [0.15, 0.2) is 8.32 Å². The molecule has 0 aromatic heterocycles. The van der Waals surface area contributed by atoms with Crippen LogP contribution in [0.15, 0.2) is 12.2 Å². The first kappa shape index (κ1) is 20.1. The van der Waals surface area contributed by atoms with Crippen molar-refractivity contribution in [3.63, 3.8) is 0 Å². The van der Waals surface area contributed by atoms with Gasteiger partial charge in [0.25, 0.3) is 0 Å². The number of rotatable bonds is 13. The number of allylic oxidation sites excluding steroid dienone is 1. The van der Waals surface area contributed by atoms with Crippen molar-refractivity contribution in [1.82, 2.24) is 0 Å². The fraction of sp³-hybridized carbons (Fsp3) is 0.812. The highest BCUT2D eigenvalue weighted by atomic mass is 79.9. The third kappa shape index (κ3) is 8.38. The summed E-state index contributed by atoms with van der Waals surface area (Å²) in [6.45, 7) is 6.80. The van der Waals surface area contributed by atoms with Crippen LogP contribution in [0, 0.1) is 0 Å². The van der Waals surface area contributed by atoms with E-state index in [1.54, 1.807) is 6.08 Å². The van der Waals surface area contributed by atoms with E-state index < -0.39 is 8.32 Å². The number of carbonyl (C=O) groups is 1. The first-order valence-electron chi connectivity index (χ1n) is 8.02. The molecule has 0 fully saturated rings. The van der Waals surface area contributed by atoms with Crippen LogP contribution in [-0.2, 0) is 9.22 Å². The maximum atomic E-state index is 10.4. The van der Waals surface area contributed by atoms with Crippen LogP contribution in [-0.4, -0.2) is 26.0 Å². The van der Waals surface area contributed by atoms with Gasteiger partial charge in [-0.3, -0.25) is 4.79 Å². The molecule has 118 valence electrons. The molecule has 0 aromatic carbocycles. The Labute approximate surface area is 134 Å². The number of carbonyl (C=O) groups excluding carboxylic acids is 1. The molecule has 0 aliphatic heterocycles. The number of hydrogen-bond acceptors (Lipinski definition) is 2. The Bertz CT molecular complexity index is 257. The number of alkyl halides is 1. The van der Waals surface area contributed by atoms with Gasteiger partial charge in [0.2, 0.25) is 0 Å². The van der Waals surface area contributed by atoms with Crippen molar-refractivity contribution in [3.05, 3.63) is 12.2 Å². The second-order valence-electron chi connectivity index (χ2n) is 5.32. The van der Waals surface area contributed by atoms with Crippen LogP contribution in [0.1, 0.15) is 52.9 Å². The van der Waals surface area contributed by atoms with Crippen LogP contribution in [0.4, 0.5) is 0 Å². The second kappa shape index (κ2) is 12.8. The van der Waals surface area contributed by atoms with E-state index in [4.69, 9.17) is 4.43 Å². The fourth-order valence-corrected chi connectivity index (χ4v) is 5.83. The molecule has 0 heterocycles. The summed E-state index contributed by atoms with van der Waals surface area (Å²) in [6.07, 6.45) is 10.4. The molecule has 0 bridgehead atoms. The Morgan fingerprint density at radius 3 is 2.25 bits per heavy atom. The van der Waals surface area contributed by atoms with Gasteiger partial charge < -0.3 is 4.43 Å². The molecule has 0 amide bonds. The molecular weight excluding hydrogens is 332 g/mol. The average molecular weight is 363 g/mol. The van der Waals surface area contributed by atoms with E-state index in [0.29, 0.717) is 6.10 Å². The van der Waals surface area contributed by atoms with Crippen LogP contribution < -0.4 is 0 Å². The quantitative estimate of drug-likeness (QED) is 0.142. The molecule has 0 rings (SSSR count). The summed E-state index contributed by atoms with van der Waals surface area (Å²) in [5, 5.41) is 1.08. The SMILES string of the molecule is CC[Si](CC)(CC)OC(C/C=C/C=O)CCCCCBr. The predicted octanol–water partition coefficient (Wildman–Crippen LogP) is 5.48. The first-order chi connectivity index (χ1) is 9.67. The molecule has 1 unspecified atom stereocenters. The lowest BCUT2D eigenvalue weighted by atomic mass is 10.1. The largest absolute Gasteiger partial charge is 0.414 e. The zero-order chi connectivity index (χ0) is 15.3. The lowest BCUT2D eigenvalue weighted by molar-refractivity contribution is -0.104. The molecule has 1 atom stereocenters. The topological polar surface area (TPSA) is 26.3 Å². The van der Waals surface area contributed by atoms with Gasteiger partial charge in [0.05, 0.1) is 0 Å². The molecule has 0 aliphatic rings. The zero-order valence-electron chi connectivity index (χ0n) is 13.4. The number of aldehydes is 1. The zero-order valence-corrected chi connectivity index (χ0v) is 16.0. The highest BCUT2D eigenvalue weighted by molar-refractivity contribution is 9.09. The minimum absolute atomic E-state index is 0.299. The van der Waals surface area contributed by atoms with Crippen LogP contribution in [0.25, 0.3) is 0 Å². The smallest absolute Gasteiger partial charge is 0.192 e. The van der Waals surface area contributed by atoms with E-state index in [2.05, 4.69) is 36.7 Å². The monoisotopic (exact) mass is 362 g/mol. The van der Waals surface area contributed by atoms with E-state index in [-0.39, 0.29) is 0 Å². The summed E-state index contributed by atoms with van der Waals surface area (Å²) in [7, 11) is -1.54. The van der Waals surface area contributed by atoms with Crippen LogP contribution in [0.2, 0.25) is 18.1 Å². The van der Waals surface area contributed by atoms with Crippen molar-refractivity contribution in [1.29, 1.82) is 0 Å². The minimum atomic E-state index is -1.54. The molecule has 20 heavy (non-hydrogen) atoms. The van der Waals surface area contributed by atoms with E-state index in [9.17, 15) is 4.79 Å². The third-order valence-electron chi connectivity index (χ3n) is 4.12. The lowest BCUT2D eigenvalue weighted by Gasteiger charge is -2.33. The summed E-state index contributed by atoms with van der Waals surface area (Å²) >= 11 is 3.48. The lowest BCUT2D eigenvalue weighted by Crippen LogP contribution is -2.39. The van der Waals surface area contributed by atoms with Crippen LogP contribution >= 0.6 is 15.9 Å². The molecule has 2 nitrogen and oxygen atoms in total. The van der Waals surface area contributed by atoms with Gasteiger partial charge in [-0.25, -0.2) is 0 Å². The van der Waals surface area contributed by atoms with E-state index in [1.165, 1.54) is 37.4 Å². The van der Waals surface area contributed by atoms with Crippen molar-refractivity contribution in [2.24, 2.45) is 0 Å². The third-order valence-corrected chi connectivity index (χ3v) is 9.38. The van der Waals surface area contributed by atoms with Gasteiger partial charge in [-0.2, -0.15) is 0 Å². The molecule has 0 aliphatic carbocycles. The molecule has 0 aromatic rings. The van der Waals surface area contributed by atoms with Crippen LogP contribution in [0.3, 0.4) is 0 Å². The van der Waals surface area contributed by atoms with Gasteiger partial charge in [-0.15, -0.1) is 0 Å². The van der Waals surface area contributed by atoms with Crippen molar-refractivity contribution in [2.75, 3.05) is 5.33 Å². The van der Waals surface area contributed by atoms with E-state index in [0.717, 1.165) is 24.5 Å². The van der Waals surface area contributed by atoms with Crippen molar-refractivity contribution in [3.8, 4) is 0 Å². The minimum Gasteiger partial charge on any atom is -0.414 e. The Morgan fingerprint density at radius 2 is 1.75 bits per heavy atom. The van der Waals surface area contributed by atoms with Gasteiger partial charge in [0.1, 0.15) is 6.29 Å². The van der Waals surface area contributed by atoms with Crippen molar-refractivity contribution in [2.45, 2.75) is 77.1 Å². The number of unbranched alkanes of at least 4 members (excludes halogenated alkanes) is 2. The van der Waals surface area contributed by atoms with Crippen molar-refractivity contribution >= 4 is 30.5 Å². The second-order valence-corrected chi connectivity index (χ2v) is 10.8. The summed E-state index contributed by atoms with van der Waals surface area (Å²) < 4.78 is 6.57. The fourth-order valence-electron chi connectivity index (χ4n) is 2.51. The average Bonchev–Trinajstić information content (AvgIpc) is 2.49. The van der Waals surface area contributed by atoms with Gasteiger partial charge in [-0.05, 0) is 43.5 Å². The Balaban J connectivity index is 4.48. The summed E-state index contributed by atoms with van der Waals surface area (Å²) in [5.74, 6) is 0. The molecule has 0 saturated carbocycles. The summed E-state index contributed by atoms with van der Waals surface area (Å²) in [6, 6.07) is 3.57. The molecule has 0 radical (unpaired) electrons. The molecular formula is C16H31BrO2Si. The van der Waals surface area contributed by atoms with E-state index in [1.807, 2.05) is 6.08 Å². The van der Waals surface area contributed by atoms with Gasteiger partial charge >= 0.3 is 0 Å². The predicted molar refractivity (Wildman–Crippen MR) is 94.2 cm³/mol. The molecule has 4 heteroatoms. The summed E-state index contributed by atoms with van der Waals surface area (Å²) in [5.41, 5.74) is 0. The maximum absolute atomic E-state index is 10.4. The van der Waals surface area contributed by atoms with Crippen LogP contribution in [0.5, 0.6) is 0 Å². The Morgan fingerprint density at radius 1 is 1.10 bits per heavy atom. The normalized spacial score (nSPS) is 13.8. The Hall–Kier alpha value is 0.0669. The first-order valence-corrected chi connectivity index (χ1v) is 11.7. The standard InChI is InChI=1S/C16H31BrO2Si/c1-4-20(5-2,6-3)19-16(13-9-11-15-18)12-8-7-10-14-17/h9,11,15-16H,4-8,10,12-14H2,1-3H3/b11-9+. The molecule has 0 saturated heterocycles. The molecule has 0 N–H and O–H groups in total. The highest BCUT2D eigenvalue weighted by Gasteiger charge is 2.31. The highest BCUT2D eigenvalue weighted by Crippen LogP contribution is 2.26. The molecule has 0 spiro atoms.